The Bertz CT molecular complexity index is 1160. The van der Waals surface area contributed by atoms with Gasteiger partial charge in [0.2, 0.25) is 5.91 Å². The number of carbonyl (C=O) groups excluding carboxylic acids is 2. The molecule has 3 rings (SSSR count). The molecule has 1 aliphatic heterocycles. The van der Waals surface area contributed by atoms with Crippen molar-refractivity contribution in [2.45, 2.75) is 90.9 Å². The molecule has 9 heteroatoms. The summed E-state index contributed by atoms with van der Waals surface area (Å²) >= 11 is 18.8. The number of rotatable bonds is 15. The van der Waals surface area contributed by atoms with Crippen LogP contribution < -0.4 is 15.8 Å². The zero-order valence-electron chi connectivity index (χ0n) is 22.9. The molecule has 39 heavy (non-hydrogen) atoms. The van der Waals surface area contributed by atoms with E-state index < -0.39 is 5.92 Å². The fraction of sp³-hybridized carbons (Fsp3) is 0.500. The van der Waals surface area contributed by atoms with E-state index in [1.165, 1.54) is 62.8 Å². The van der Waals surface area contributed by atoms with Crippen LogP contribution in [-0.4, -0.2) is 17.6 Å². The Hall–Kier alpha value is -2.28. The van der Waals surface area contributed by atoms with Crippen LogP contribution in [-0.2, 0) is 9.59 Å². The van der Waals surface area contributed by atoms with Crippen molar-refractivity contribution in [1.82, 2.24) is 5.43 Å². The molecule has 0 aromatic heterocycles. The zero-order valence-corrected chi connectivity index (χ0v) is 25.1. The average Bonchev–Trinajstić information content (AvgIpc) is 3.19. The number of anilines is 2. The molecule has 212 valence electrons. The molecule has 0 radical (unpaired) electrons. The summed E-state index contributed by atoms with van der Waals surface area (Å²) in [6.45, 7) is 4.00. The Morgan fingerprint density at radius 2 is 1.51 bits per heavy atom. The molecule has 2 aromatic carbocycles. The zero-order chi connectivity index (χ0) is 28.2. The fourth-order valence-corrected chi connectivity index (χ4v) is 5.04. The van der Waals surface area contributed by atoms with E-state index in [9.17, 15) is 9.59 Å². The summed E-state index contributed by atoms with van der Waals surface area (Å²) in [5.41, 5.74) is 4.52. The predicted octanol–water partition coefficient (Wildman–Crippen LogP) is 9.50. The first kappa shape index (κ1) is 31.3. The number of hydrogen-bond donors (Lipinski definition) is 2. The lowest BCUT2D eigenvalue weighted by Crippen LogP contribution is -2.36. The average molecular weight is 594 g/mol. The van der Waals surface area contributed by atoms with Crippen molar-refractivity contribution in [3.05, 3.63) is 51.5 Å². The quantitative estimate of drug-likeness (QED) is 0.202. The van der Waals surface area contributed by atoms with Crippen molar-refractivity contribution in [3.63, 3.8) is 0 Å². The van der Waals surface area contributed by atoms with Crippen molar-refractivity contribution in [2.75, 3.05) is 10.3 Å². The lowest BCUT2D eigenvalue weighted by molar-refractivity contribution is -0.119. The van der Waals surface area contributed by atoms with Crippen LogP contribution in [0, 0.1) is 5.92 Å². The number of benzene rings is 2. The minimum absolute atomic E-state index is 0.0313. The maximum Gasteiger partial charge on any atom is 0.256 e. The molecule has 1 fully saturated rings. The maximum atomic E-state index is 12.9. The molecule has 1 unspecified atom stereocenters. The van der Waals surface area contributed by atoms with E-state index in [0.29, 0.717) is 44.4 Å². The van der Waals surface area contributed by atoms with E-state index in [4.69, 9.17) is 34.8 Å². The second-order valence-corrected chi connectivity index (χ2v) is 11.4. The lowest BCUT2D eigenvalue weighted by Gasteiger charge is -2.17. The van der Waals surface area contributed by atoms with Crippen LogP contribution in [0.3, 0.4) is 0 Å². The smallest absolute Gasteiger partial charge is 0.256 e. The number of halogens is 3. The number of nitrogens with one attached hydrogen (secondary N) is 2. The number of carbonyl (C=O) groups is 2. The van der Waals surface area contributed by atoms with Crippen LogP contribution in [0.5, 0.6) is 0 Å². The molecule has 0 spiro atoms. The Balaban J connectivity index is 1.48. The number of nitrogens with zero attached hydrogens (tertiary/aromatic N) is 2. The minimum atomic E-state index is -0.546. The Labute approximate surface area is 247 Å². The van der Waals surface area contributed by atoms with Gasteiger partial charge in [-0.2, -0.15) is 0 Å². The van der Waals surface area contributed by atoms with E-state index in [2.05, 4.69) is 22.7 Å². The van der Waals surface area contributed by atoms with E-state index >= 15 is 0 Å². The van der Waals surface area contributed by atoms with Crippen molar-refractivity contribution in [3.8, 4) is 0 Å². The normalized spacial score (nSPS) is 16.1. The van der Waals surface area contributed by atoms with Gasteiger partial charge in [0.1, 0.15) is 5.84 Å². The van der Waals surface area contributed by atoms with E-state index in [0.717, 1.165) is 12.8 Å². The van der Waals surface area contributed by atoms with Crippen molar-refractivity contribution in [1.29, 1.82) is 0 Å². The standard InChI is InChI=1S/C30H39Cl3N4O2/c1-3-4-5-6-7-8-9-10-11-12-13-14-28(38)34-23-16-18-24(32)26(20-23)35-29-21(2)30(39)37(36-29)27-19-22(31)15-17-25(27)33/h15-21H,3-14H2,1-2H3,(H,34,38)(H,35,36). The summed E-state index contributed by atoms with van der Waals surface area (Å²) in [5, 5.41) is 5.53. The van der Waals surface area contributed by atoms with Crippen LogP contribution >= 0.6 is 34.8 Å². The number of amidine groups is 1. The minimum Gasteiger partial charge on any atom is -0.326 e. The van der Waals surface area contributed by atoms with Gasteiger partial charge in [0.25, 0.3) is 5.91 Å². The van der Waals surface area contributed by atoms with Gasteiger partial charge in [-0.3, -0.25) is 15.0 Å². The van der Waals surface area contributed by atoms with E-state index in [1.54, 1.807) is 43.3 Å². The van der Waals surface area contributed by atoms with Crippen molar-refractivity contribution >= 4 is 69.5 Å². The number of aliphatic imine (C=N–C) groups is 1. The van der Waals surface area contributed by atoms with Gasteiger partial charge in [-0.25, -0.2) is 10.0 Å². The Kier molecular flexibility index (Phi) is 12.9. The van der Waals surface area contributed by atoms with Crippen molar-refractivity contribution in [2.24, 2.45) is 10.9 Å². The summed E-state index contributed by atoms with van der Waals surface area (Å²) in [7, 11) is 0. The van der Waals surface area contributed by atoms with Gasteiger partial charge in [0, 0.05) is 17.1 Å². The molecule has 1 atom stereocenters. The summed E-state index contributed by atoms with van der Waals surface area (Å²) in [6.07, 6.45) is 14.1. The molecule has 2 amide bonds. The summed E-state index contributed by atoms with van der Waals surface area (Å²) < 4.78 is 0. The van der Waals surface area contributed by atoms with E-state index in [1.807, 2.05) is 0 Å². The molecule has 1 saturated heterocycles. The topological polar surface area (TPSA) is 73.8 Å². The van der Waals surface area contributed by atoms with Crippen LogP contribution in [0.25, 0.3) is 0 Å². The third-order valence-corrected chi connectivity index (χ3v) is 7.73. The number of hydrogen-bond acceptors (Lipinski definition) is 3. The second-order valence-electron chi connectivity index (χ2n) is 10.1. The van der Waals surface area contributed by atoms with Gasteiger partial charge < -0.3 is 5.32 Å². The highest BCUT2D eigenvalue weighted by molar-refractivity contribution is 6.36. The number of amides is 2. The van der Waals surface area contributed by atoms with E-state index in [-0.39, 0.29) is 11.8 Å². The highest BCUT2D eigenvalue weighted by atomic mass is 35.5. The van der Waals surface area contributed by atoms with Crippen LogP contribution in [0.4, 0.5) is 17.1 Å². The molecule has 2 N–H and O–H groups in total. The molecule has 0 aliphatic carbocycles. The molecule has 1 heterocycles. The van der Waals surface area contributed by atoms with Gasteiger partial charge >= 0.3 is 0 Å². The molecule has 6 nitrogen and oxygen atoms in total. The highest BCUT2D eigenvalue weighted by Gasteiger charge is 2.36. The lowest BCUT2D eigenvalue weighted by atomic mass is 10.1. The Morgan fingerprint density at radius 3 is 2.18 bits per heavy atom. The van der Waals surface area contributed by atoms with Crippen LogP contribution in [0.2, 0.25) is 15.1 Å². The number of unbranched alkanes of at least 4 members (excludes halogenated alkanes) is 10. The van der Waals surface area contributed by atoms with Gasteiger partial charge in [0.05, 0.1) is 27.3 Å². The van der Waals surface area contributed by atoms with Crippen LogP contribution in [0.1, 0.15) is 90.9 Å². The second kappa shape index (κ2) is 16.1. The van der Waals surface area contributed by atoms with Gasteiger partial charge in [-0.1, -0.05) is 106 Å². The molecule has 2 aromatic rings. The van der Waals surface area contributed by atoms with Crippen molar-refractivity contribution < 1.29 is 9.59 Å². The summed E-state index contributed by atoms with van der Waals surface area (Å²) in [6, 6.07) is 10.0. The number of hydrazine groups is 1. The highest BCUT2D eigenvalue weighted by Crippen LogP contribution is 2.33. The van der Waals surface area contributed by atoms with Gasteiger partial charge in [0.15, 0.2) is 0 Å². The molecule has 0 bridgehead atoms. The predicted molar refractivity (Wildman–Crippen MR) is 165 cm³/mol. The molecule has 1 aliphatic rings. The molecular formula is C30H39Cl3N4O2. The first-order valence-corrected chi connectivity index (χ1v) is 15.2. The SMILES string of the molecule is CCCCCCCCCCCCCC(=O)Nc1ccc(Cl)c(N=C2NN(c3cc(Cl)ccc3Cl)C(=O)C2C)c1. The third kappa shape index (κ3) is 9.70. The maximum absolute atomic E-state index is 12.9. The van der Waals surface area contributed by atoms with Gasteiger partial charge in [-0.15, -0.1) is 0 Å². The Morgan fingerprint density at radius 1 is 0.897 bits per heavy atom. The first-order chi connectivity index (χ1) is 18.8. The first-order valence-electron chi connectivity index (χ1n) is 14.0. The summed E-state index contributed by atoms with van der Waals surface area (Å²) in [4.78, 5) is 30.0. The van der Waals surface area contributed by atoms with Gasteiger partial charge in [-0.05, 0) is 49.7 Å². The van der Waals surface area contributed by atoms with Crippen LogP contribution in [0.15, 0.2) is 41.4 Å². The largest absolute Gasteiger partial charge is 0.326 e. The molecular weight excluding hydrogens is 555 g/mol. The fourth-order valence-electron chi connectivity index (χ4n) is 4.51. The monoisotopic (exact) mass is 592 g/mol. The summed E-state index contributed by atoms with van der Waals surface area (Å²) in [5.74, 6) is -0.376. The third-order valence-electron chi connectivity index (χ3n) is 6.85. The molecule has 0 saturated carbocycles.